The van der Waals surface area contributed by atoms with Crippen molar-refractivity contribution in [1.82, 2.24) is 9.97 Å². The van der Waals surface area contributed by atoms with Crippen molar-refractivity contribution in [2.24, 2.45) is 0 Å². The highest BCUT2D eigenvalue weighted by Gasteiger charge is 2.17. The molecule has 22 heavy (non-hydrogen) atoms. The van der Waals surface area contributed by atoms with E-state index in [9.17, 15) is 9.90 Å². The van der Waals surface area contributed by atoms with Crippen molar-refractivity contribution in [3.63, 3.8) is 0 Å². The first-order chi connectivity index (χ1) is 10.7. The molecular weight excluding hydrogens is 278 g/mol. The summed E-state index contributed by atoms with van der Waals surface area (Å²) in [5, 5.41) is 12.8. The van der Waals surface area contributed by atoms with Gasteiger partial charge in [0, 0.05) is 23.6 Å². The topological polar surface area (TPSA) is 78.0 Å². The van der Waals surface area contributed by atoms with Crippen LogP contribution in [0.3, 0.4) is 0 Å². The Kier molecular flexibility index (Phi) is 3.98. The van der Waals surface area contributed by atoms with Crippen molar-refractivity contribution in [3.05, 3.63) is 72.6 Å². The molecular formula is C17H15N3O2. The molecule has 0 aliphatic carbocycles. The zero-order chi connectivity index (χ0) is 15.4. The number of anilines is 1. The second kappa shape index (κ2) is 6.24. The average Bonchev–Trinajstić information content (AvgIpc) is 3.10. The number of aliphatic hydroxyl groups is 1. The molecule has 5 nitrogen and oxygen atoms in total. The average molecular weight is 293 g/mol. The van der Waals surface area contributed by atoms with Gasteiger partial charge in [-0.3, -0.25) is 4.79 Å². The van der Waals surface area contributed by atoms with Crippen LogP contribution in [0.1, 0.15) is 11.7 Å². The van der Waals surface area contributed by atoms with Gasteiger partial charge in [-0.05, 0) is 17.7 Å². The number of aromatic nitrogens is 2. The van der Waals surface area contributed by atoms with Gasteiger partial charge < -0.3 is 15.4 Å². The standard InChI is InChI=1S/C17H15N3O2/c21-15(12-5-2-1-3-6-12)17(22)20-14-8-4-7-13(11-14)16-18-9-10-19-16/h1-11,15,21H,(H,18,19)(H,20,22). The fourth-order valence-corrected chi connectivity index (χ4v) is 2.16. The van der Waals surface area contributed by atoms with Gasteiger partial charge >= 0.3 is 0 Å². The summed E-state index contributed by atoms with van der Waals surface area (Å²) in [6.07, 6.45) is 2.20. The van der Waals surface area contributed by atoms with Gasteiger partial charge in [0.2, 0.25) is 0 Å². The van der Waals surface area contributed by atoms with E-state index in [0.717, 1.165) is 11.4 Å². The molecule has 0 aliphatic rings. The zero-order valence-electron chi connectivity index (χ0n) is 11.7. The van der Waals surface area contributed by atoms with Gasteiger partial charge in [0.1, 0.15) is 5.82 Å². The minimum atomic E-state index is -1.20. The van der Waals surface area contributed by atoms with Gasteiger partial charge in [0.15, 0.2) is 6.10 Å². The van der Waals surface area contributed by atoms with E-state index in [2.05, 4.69) is 15.3 Å². The van der Waals surface area contributed by atoms with Crippen LogP contribution in [0.15, 0.2) is 67.0 Å². The first-order valence-corrected chi connectivity index (χ1v) is 6.88. The number of nitrogens with one attached hydrogen (secondary N) is 2. The van der Waals surface area contributed by atoms with Crippen LogP contribution in [-0.2, 0) is 4.79 Å². The van der Waals surface area contributed by atoms with Gasteiger partial charge in [0.05, 0.1) is 0 Å². The lowest BCUT2D eigenvalue weighted by atomic mass is 10.1. The molecule has 0 saturated carbocycles. The fourth-order valence-electron chi connectivity index (χ4n) is 2.16. The molecule has 110 valence electrons. The van der Waals surface area contributed by atoms with E-state index in [4.69, 9.17) is 0 Å². The van der Waals surface area contributed by atoms with E-state index in [1.807, 2.05) is 18.2 Å². The van der Waals surface area contributed by atoms with Crippen LogP contribution in [0.4, 0.5) is 5.69 Å². The summed E-state index contributed by atoms with van der Waals surface area (Å²) in [5.41, 5.74) is 2.02. The van der Waals surface area contributed by atoms with Gasteiger partial charge in [-0.2, -0.15) is 0 Å². The third-order valence-corrected chi connectivity index (χ3v) is 3.27. The number of hydrogen-bond acceptors (Lipinski definition) is 3. The van der Waals surface area contributed by atoms with Gasteiger partial charge in [0.25, 0.3) is 5.91 Å². The third kappa shape index (κ3) is 3.05. The number of benzene rings is 2. The number of imidazole rings is 1. The Bertz CT molecular complexity index is 755. The molecule has 1 heterocycles. The normalized spacial score (nSPS) is 11.9. The maximum Gasteiger partial charge on any atom is 0.257 e. The maximum absolute atomic E-state index is 12.1. The number of H-pyrrole nitrogens is 1. The molecule has 0 spiro atoms. The number of carbonyl (C=O) groups excluding carboxylic acids is 1. The molecule has 5 heteroatoms. The number of rotatable bonds is 4. The Balaban J connectivity index is 1.76. The monoisotopic (exact) mass is 293 g/mol. The van der Waals surface area contributed by atoms with E-state index in [1.54, 1.807) is 48.8 Å². The Hall–Kier alpha value is -2.92. The summed E-state index contributed by atoms with van der Waals surface area (Å²) in [5.74, 6) is 0.252. The summed E-state index contributed by atoms with van der Waals surface area (Å²) in [4.78, 5) is 19.3. The van der Waals surface area contributed by atoms with Crippen molar-refractivity contribution in [2.75, 3.05) is 5.32 Å². The minimum absolute atomic E-state index is 0.470. The summed E-state index contributed by atoms with van der Waals surface area (Å²) in [7, 11) is 0. The highest BCUT2D eigenvalue weighted by Crippen LogP contribution is 2.21. The molecule has 0 fully saturated rings. The number of hydrogen-bond donors (Lipinski definition) is 3. The van der Waals surface area contributed by atoms with Crippen molar-refractivity contribution < 1.29 is 9.90 Å². The Morgan fingerprint density at radius 2 is 1.95 bits per heavy atom. The predicted molar refractivity (Wildman–Crippen MR) is 84.1 cm³/mol. The van der Waals surface area contributed by atoms with Gasteiger partial charge in [-0.1, -0.05) is 42.5 Å². The SMILES string of the molecule is O=C(Nc1cccc(-c2ncc[nH]2)c1)C(O)c1ccccc1. The highest BCUT2D eigenvalue weighted by molar-refractivity contribution is 5.95. The summed E-state index contributed by atoms with van der Waals surface area (Å²) in [6, 6.07) is 16.1. The molecule has 1 atom stereocenters. The number of aromatic amines is 1. The number of aliphatic hydroxyl groups excluding tert-OH is 1. The van der Waals surface area contributed by atoms with Gasteiger partial charge in [-0.15, -0.1) is 0 Å². The van der Waals surface area contributed by atoms with Gasteiger partial charge in [-0.25, -0.2) is 4.98 Å². The molecule has 1 aromatic heterocycles. The lowest BCUT2D eigenvalue weighted by molar-refractivity contribution is -0.124. The molecule has 3 aromatic rings. The molecule has 0 aliphatic heterocycles. The highest BCUT2D eigenvalue weighted by atomic mass is 16.3. The molecule has 2 aromatic carbocycles. The second-order valence-electron chi connectivity index (χ2n) is 4.82. The summed E-state index contributed by atoms with van der Waals surface area (Å²) >= 11 is 0. The Morgan fingerprint density at radius 1 is 1.14 bits per heavy atom. The fraction of sp³-hybridized carbons (Fsp3) is 0.0588. The van der Waals surface area contributed by atoms with Crippen molar-refractivity contribution in [2.45, 2.75) is 6.10 Å². The van der Waals surface area contributed by atoms with Crippen molar-refractivity contribution in [3.8, 4) is 11.4 Å². The van der Waals surface area contributed by atoms with E-state index >= 15 is 0 Å². The first-order valence-electron chi connectivity index (χ1n) is 6.88. The van der Waals surface area contributed by atoms with Crippen LogP contribution in [0, 0.1) is 0 Å². The zero-order valence-corrected chi connectivity index (χ0v) is 11.7. The summed E-state index contributed by atoms with van der Waals surface area (Å²) in [6.45, 7) is 0. The lowest BCUT2D eigenvalue weighted by Crippen LogP contribution is -2.20. The number of nitrogens with zero attached hydrogens (tertiary/aromatic N) is 1. The van der Waals surface area contributed by atoms with Crippen LogP contribution < -0.4 is 5.32 Å². The molecule has 0 bridgehead atoms. The number of amides is 1. The first kappa shape index (κ1) is 14.0. The minimum Gasteiger partial charge on any atom is -0.378 e. The molecule has 3 N–H and O–H groups in total. The largest absolute Gasteiger partial charge is 0.378 e. The molecule has 0 saturated heterocycles. The van der Waals surface area contributed by atoms with Crippen LogP contribution >= 0.6 is 0 Å². The third-order valence-electron chi connectivity index (χ3n) is 3.27. The van der Waals surface area contributed by atoms with E-state index in [0.29, 0.717) is 11.3 Å². The Labute approximate surface area is 127 Å². The summed E-state index contributed by atoms with van der Waals surface area (Å²) < 4.78 is 0. The van der Waals surface area contributed by atoms with Crippen LogP contribution in [-0.4, -0.2) is 21.0 Å². The van der Waals surface area contributed by atoms with E-state index in [1.165, 1.54) is 0 Å². The van der Waals surface area contributed by atoms with Crippen molar-refractivity contribution >= 4 is 11.6 Å². The Morgan fingerprint density at radius 3 is 2.68 bits per heavy atom. The smallest absolute Gasteiger partial charge is 0.257 e. The molecule has 1 unspecified atom stereocenters. The van der Waals surface area contributed by atoms with Crippen LogP contribution in [0.5, 0.6) is 0 Å². The predicted octanol–water partition coefficient (Wildman–Crippen LogP) is 2.75. The quantitative estimate of drug-likeness (QED) is 0.692. The lowest BCUT2D eigenvalue weighted by Gasteiger charge is -2.12. The molecule has 3 rings (SSSR count). The second-order valence-corrected chi connectivity index (χ2v) is 4.82. The van der Waals surface area contributed by atoms with Crippen LogP contribution in [0.25, 0.3) is 11.4 Å². The molecule has 1 amide bonds. The number of carbonyl (C=O) groups is 1. The van der Waals surface area contributed by atoms with Crippen molar-refractivity contribution in [1.29, 1.82) is 0 Å². The maximum atomic E-state index is 12.1. The molecule has 0 radical (unpaired) electrons. The van der Waals surface area contributed by atoms with Crippen LogP contribution in [0.2, 0.25) is 0 Å². The van der Waals surface area contributed by atoms with E-state index in [-0.39, 0.29) is 0 Å². The van der Waals surface area contributed by atoms with E-state index < -0.39 is 12.0 Å².